The van der Waals surface area contributed by atoms with Crippen LogP contribution in [0, 0.1) is 0 Å². The van der Waals surface area contributed by atoms with E-state index in [1.807, 2.05) is 0 Å². The van der Waals surface area contributed by atoms with Crippen molar-refractivity contribution in [2.75, 3.05) is 18.6 Å². The first-order valence-electron chi connectivity index (χ1n) is 5.82. The molecule has 1 unspecified atom stereocenters. The van der Waals surface area contributed by atoms with Crippen molar-refractivity contribution < 1.29 is 0 Å². The van der Waals surface area contributed by atoms with Gasteiger partial charge in [-0.15, -0.1) is 0 Å². The van der Waals surface area contributed by atoms with Crippen LogP contribution in [-0.4, -0.2) is 41.6 Å². The quantitative estimate of drug-likeness (QED) is 0.758. The zero-order chi connectivity index (χ0) is 9.97. The molecular formula is C11H22N2S. The van der Waals surface area contributed by atoms with Crippen molar-refractivity contribution in [3.63, 3.8) is 0 Å². The van der Waals surface area contributed by atoms with Crippen LogP contribution in [0.15, 0.2) is 0 Å². The Morgan fingerprint density at radius 1 is 1.07 bits per heavy atom. The first kappa shape index (κ1) is 10.8. The molecule has 1 saturated carbocycles. The van der Waals surface area contributed by atoms with E-state index in [1.54, 1.807) is 0 Å². The average molecular weight is 214 g/mol. The van der Waals surface area contributed by atoms with Crippen molar-refractivity contribution in [2.24, 2.45) is 5.73 Å². The molecule has 2 aliphatic rings. The molecule has 2 N–H and O–H groups in total. The van der Waals surface area contributed by atoms with E-state index >= 15 is 0 Å². The van der Waals surface area contributed by atoms with E-state index in [2.05, 4.69) is 23.7 Å². The Morgan fingerprint density at radius 3 is 2.36 bits per heavy atom. The molecule has 0 aromatic rings. The van der Waals surface area contributed by atoms with Crippen LogP contribution in [0.5, 0.6) is 0 Å². The molecule has 0 aromatic heterocycles. The van der Waals surface area contributed by atoms with Gasteiger partial charge in [-0.05, 0) is 44.9 Å². The van der Waals surface area contributed by atoms with Gasteiger partial charge in [-0.3, -0.25) is 4.90 Å². The summed E-state index contributed by atoms with van der Waals surface area (Å²) in [5.41, 5.74) is 5.93. The van der Waals surface area contributed by atoms with Gasteiger partial charge in [0.2, 0.25) is 0 Å². The minimum absolute atomic E-state index is 0.484. The number of rotatable bonds is 2. The average Bonchev–Trinajstić information content (AvgIpc) is 2.71. The highest BCUT2D eigenvalue weighted by Gasteiger charge is 2.28. The van der Waals surface area contributed by atoms with Crippen LogP contribution in [-0.2, 0) is 0 Å². The maximum absolute atomic E-state index is 5.93. The summed E-state index contributed by atoms with van der Waals surface area (Å²) in [6.45, 7) is 0. The molecule has 1 atom stereocenters. The zero-order valence-electron chi connectivity index (χ0n) is 9.11. The summed E-state index contributed by atoms with van der Waals surface area (Å²) in [6, 6.07) is 2.15. The Morgan fingerprint density at radius 2 is 1.79 bits per heavy atom. The van der Waals surface area contributed by atoms with Gasteiger partial charge in [0.25, 0.3) is 0 Å². The van der Waals surface area contributed by atoms with Crippen LogP contribution >= 0.6 is 11.8 Å². The molecule has 1 heterocycles. The second kappa shape index (κ2) is 4.86. The normalized spacial score (nSPS) is 39.2. The first-order chi connectivity index (χ1) is 6.77. The lowest BCUT2D eigenvalue weighted by Crippen LogP contribution is -2.44. The maximum atomic E-state index is 5.93. The van der Waals surface area contributed by atoms with Gasteiger partial charge in [0.1, 0.15) is 0 Å². The fourth-order valence-electron chi connectivity index (χ4n) is 2.65. The molecule has 0 aromatic carbocycles. The van der Waals surface area contributed by atoms with E-state index in [1.165, 1.54) is 43.6 Å². The standard InChI is InChI=1S/C11H22N2S/c1-13(11-6-7-14-8-11)10-4-2-9(12)3-5-10/h9-11H,2-8,12H2,1H3. The summed E-state index contributed by atoms with van der Waals surface area (Å²) in [5.74, 6) is 2.71. The topological polar surface area (TPSA) is 29.3 Å². The third kappa shape index (κ3) is 2.44. The van der Waals surface area contributed by atoms with Crippen LogP contribution in [0.4, 0.5) is 0 Å². The largest absolute Gasteiger partial charge is 0.328 e. The van der Waals surface area contributed by atoms with Gasteiger partial charge in [-0.25, -0.2) is 0 Å². The number of hydrogen-bond acceptors (Lipinski definition) is 3. The van der Waals surface area contributed by atoms with Crippen molar-refractivity contribution in [3.8, 4) is 0 Å². The highest BCUT2D eigenvalue weighted by atomic mass is 32.2. The summed E-state index contributed by atoms with van der Waals surface area (Å²) in [6.07, 6.45) is 6.49. The van der Waals surface area contributed by atoms with Crippen LogP contribution in [0.3, 0.4) is 0 Å². The van der Waals surface area contributed by atoms with Gasteiger partial charge in [0, 0.05) is 23.9 Å². The summed E-state index contributed by atoms with van der Waals surface area (Å²) >= 11 is 2.11. The Bertz CT molecular complexity index is 172. The van der Waals surface area contributed by atoms with Crippen molar-refractivity contribution in [2.45, 2.75) is 50.2 Å². The molecule has 82 valence electrons. The van der Waals surface area contributed by atoms with E-state index in [9.17, 15) is 0 Å². The van der Waals surface area contributed by atoms with Gasteiger partial charge in [0.05, 0.1) is 0 Å². The molecule has 0 amide bonds. The van der Waals surface area contributed by atoms with Crippen LogP contribution < -0.4 is 5.73 Å². The molecule has 2 rings (SSSR count). The van der Waals surface area contributed by atoms with E-state index in [-0.39, 0.29) is 0 Å². The summed E-state index contributed by atoms with van der Waals surface area (Å²) in [4.78, 5) is 2.63. The Kier molecular flexibility index (Phi) is 3.74. The Hall–Kier alpha value is 0.270. The molecule has 1 aliphatic heterocycles. The van der Waals surface area contributed by atoms with Crippen molar-refractivity contribution in [1.29, 1.82) is 0 Å². The molecule has 14 heavy (non-hydrogen) atoms. The maximum Gasteiger partial charge on any atom is 0.0194 e. The van der Waals surface area contributed by atoms with Gasteiger partial charge < -0.3 is 5.73 Å². The minimum Gasteiger partial charge on any atom is -0.328 e. The number of thioether (sulfide) groups is 1. The lowest BCUT2D eigenvalue weighted by Gasteiger charge is -2.36. The summed E-state index contributed by atoms with van der Waals surface area (Å²) in [5, 5.41) is 0. The van der Waals surface area contributed by atoms with Crippen molar-refractivity contribution >= 4 is 11.8 Å². The fraction of sp³-hybridized carbons (Fsp3) is 1.00. The van der Waals surface area contributed by atoms with Gasteiger partial charge >= 0.3 is 0 Å². The van der Waals surface area contributed by atoms with E-state index < -0.39 is 0 Å². The monoisotopic (exact) mass is 214 g/mol. The van der Waals surface area contributed by atoms with E-state index in [0.29, 0.717) is 6.04 Å². The van der Waals surface area contributed by atoms with Gasteiger partial charge in [-0.1, -0.05) is 0 Å². The molecule has 0 radical (unpaired) electrons. The van der Waals surface area contributed by atoms with Crippen molar-refractivity contribution in [1.82, 2.24) is 4.90 Å². The predicted molar refractivity (Wildman–Crippen MR) is 63.7 cm³/mol. The smallest absolute Gasteiger partial charge is 0.0194 e. The van der Waals surface area contributed by atoms with Crippen LogP contribution in [0.1, 0.15) is 32.1 Å². The SMILES string of the molecule is CN(C1CCC(N)CC1)C1CCSC1. The highest BCUT2D eigenvalue weighted by molar-refractivity contribution is 7.99. The second-order valence-electron chi connectivity index (χ2n) is 4.75. The molecule has 2 fully saturated rings. The molecule has 1 saturated heterocycles. The molecule has 0 bridgehead atoms. The second-order valence-corrected chi connectivity index (χ2v) is 5.90. The zero-order valence-corrected chi connectivity index (χ0v) is 9.93. The Labute approximate surface area is 91.6 Å². The number of nitrogens with two attached hydrogens (primary N) is 1. The van der Waals surface area contributed by atoms with Gasteiger partial charge in [0.15, 0.2) is 0 Å². The van der Waals surface area contributed by atoms with E-state index in [0.717, 1.165) is 12.1 Å². The molecule has 2 nitrogen and oxygen atoms in total. The van der Waals surface area contributed by atoms with Crippen molar-refractivity contribution in [3.05, 3.63) is 0 Å². The predicted octanol–water partition coefficient (Wildman–Crippen LogP) is 1.69. The molecule has 0 spiro atoms. The lowest BCUT2D eigenvalue weighted by atomic mass is 9.90. The Balaban J connectivity index is 1.82. The summed E-state index contributed by atoms with van der Waals surface area (Å²) in [7, 11) is 2.32. The molecule has 3 heteroatoms. The minimum atomic E-state index is 0.484. The number of hydrogen-bond donors (Lipinski definition) is 1. The van der Waals surface area contributed by atoms with Crippen LogP contribution in [0.25, 0.3) is 0 Å². The first-order valence-corrected chi connectivity index (χ1v) is 6.98. The third-order valence-corrected chi connectivity index (χ3v) is 4.94. The lowest BCUT2D eigenvalue weighted by molar-refractivity contribution is 0.143. The third-order valence-electron chi connectivity index (χ3n) is 3.80. The molecular weight excluding hydrogens is 192 g/mol. The summed E-state index contributed by atoms with van der Waals surface area (Å²) < 4.78 is 0. The number of nitrogens with zero attached hydrogens (tertiary/aromatic N) is 1. The van der Waals surface area contributed by atoms with Crippen LogP contribution in [0.2, 0.25) is 0 Å². The molecule has 1 aliphatic carbocycles. The van der Waals surface area contributed by atoms with Gasteiger partial charge in [-0.2, -0.15) is 11.8 Å². The van der Waals surface area contributed by atoms with E-state index in [4.69, 9.17) is 5.73 Å². The fourth-order valence-corrected chi connectivity index (χ4v) is 3.93. The highest BCUT2D eigenvalue weighted by Crippen LogP contribution is 2.28.